The van der Waals surface area contributed by atoms with E-state index in [4.69, 9.17) is 10.4 Å². The molecule has 2 aliphatic rings. The van der Waals surface area contributed by atoms with Crippen LogP contribution in [0.2, 0.25) is 0 Å². The zero-order valence-corrected chi connectivity index (χ0v) is 6.27. The molecule has 58 valence electrons. The van der Waals surface area contributed by atoms with E-state index in [0.717, 1.165) is 6.42 Å². The van der Waals surface area contributed by atoms with Gasteiger partial charge < -0.3 is 5.11 Å². The number of rotatable bonds is 1. The highest BCUT2D eigenvalue weighted by Crippen LogP contribution is 2.47. The molecule has 0 aromatic heterocycles. The van der Waals surface area contributed by atoms with Crippen LogP contribution in [0, 0.1) is 35.0 Å². The first-order chi connectivity index (χ1) is 5.36. The van der Waals surface area contributed by atoms with Crippen molar-refractivity contribution in [3.63, 3.8) is 0 Å². The molecule has 4 atom stereocenters. The van der Waals surface area contributed by atoms with Crippen LogP contribution in [0.3, 0.4) is 0 Å². The number of fused-ring (bicyclic) bond motifs is 2. The quantitative estimate of drug-likeness (QED) is 0.564. The van der Waals surface area contributed by atoms with Crippen molar-refractivity contribution in [3.8, 4) is 6.07 Å². The van der Waals surface area contributed by atoms with E-state index in [2.05, 4.69) is 18.2 Å². The van der Waals surface area contributed by atoms with E-state index in [1.807, 2.05) is 0 Å². The van der Waals surface area contributed by atoms with Gasteiger partial charge in [-0.25, -0.2) is 0 Å². The van der Waals surface area contributed by atoms with Gasteiger partial charge >= 0.3 is 0 Å². The van der Waals surface area contributed by atoms with Gasteiger partial charge in [0.25, 0.3) is 0 Å². The van der Waals surface area contributed by atoms with Crippen molar-refractivity contribution in [1.82, 2.24) is 0 Å². The highest BCUT2D eigenvalue weighted by molar-refractivity contribution is 5.18. The maximum Gasteiger partial charge on any atom is 0.0666 e. The van der Waals surface area contributed by atoms with Crippen LogP contribution < -0.4 is 0 Å². The van der Waals surface area contributed by atoms with E-state index >= 15 is 0 Å². The summed E-state index contributed by atoms with van der Waals surface area (Å²) in [5.41, 5.74) is 0. The lowest BCUT2D eigenvalue weighted by molar-refractivity contribution is 0.185. The van der Waals surface area contributed by atoms with Gasteiger partial charge in [-0.1, -0.05) is 12.2 Å². The largest absolute Gasteiger partial charge is 0.396 e. The van der Waals surface area contributed by atoms with Crippen LogP contribution in [-0.2, 0) is 0 Å². The van der Waals surface area contributed by atoms with Crippen molar-refractivity contribution in [1.29, 1.82) is 5.26 Å². The molecular weight excluding hydrogens is 138 g/mol. The van der Waals surface area contributed by atoms with Gasteiger partial charge in [-0.05, 0) is 18.3 Å². The Hall–Kier alpha value is -0.810. The molecule has 2 rings (SSSR count). The Morgan fingerprint density at radius 3 is 2.73 bits per heavy atom. The van der Waals surface area contributed by atoms with Crippen LogP contribution in [0.5, 0.6) is 0 Å². The zero-order valence-electron chi connectivity index (χ0n) is 6.27. The molecule has 0 spiro atoms. The van der Waals surface area contributed by atoms with E-state index in [0.29, 0.717) is 11.8 Å². The van der Waals surface area contributed by atoms with E-state index < -0.39 is 0 Å². The molecule has 0 aliphatic heterocycles. The van der Waals surface area contributed by atoms with Crippen molar-refractivity contribution in [2.45, 2.75) is 6.42 Å². The SMILES string of the molecule is N#CC1C2C=CC(C2)C1CO. The normalized spacial score (nSPS) is 46.2. The number of nitrogens with zero attached hydrogens (tertiary/aromatic N) is 1. The van der Waals surface area contributed by atoms with Crippen LogP contribution in [-0.4, -0.2) is 11.7 Å². The van der Waals surface area contributed by atoms with Gasteiger partial charge in [-0.2, -0.15) is 5.26 Å². The molecule has 2 heteroatoms. The monoisotopic (exact) mass is 149 g/mol. The molecular formula is C9H11NO. The molecule has 2 nitrogen and oxygen atoms in total. The number of allylic oxidation sites excluding steroid dienone is 2. The summed E-state index contributed by atoms with van der Waals surface area (Å²) in [7, 11) is 0. The number of nitriles is 1. The lowest BCUT2D eigenvalue weighted by Crippen LogP contribution is -2.21. The van der Waals surface area contributed by atoms with Gasteiger partial charge in [-0.3, -0.25) is 0 Å². The molecule has 1 saturated carbocycles. The maximum absolute atomic E-state index is 9.00. The Balaban J connectivity index is 2.23. The molecule has 1 N–H and O–H groups in total. The third-order valence-electron chi connectivity index (χ3n) is 2.98. The van der Waals surface area contributed by atoms with Crippen molar-refractivity contribution in [2.75, 3.05) is 6.61 Å². The molecule has 2 bridgehead atoms. The van der Waals surface area contributed by atoms with Gasteiger partial charge in [0, 0.05) is 12.5 Å². The minimum atomic E-state index is 0.0787. The third-order valence-corrected chi connectivity index (χ3v) is 2.98. The summed E-state index contributed by atoms with van der Waals surface area (Å²) < 4.78 is 0. The lowest BCUT2D eigenvalue weighted by atomic mass is 9.85. The van der Waals surface area contributed by atoms with Crippen molar-refractivity contribution >= 4 is 0 Å². The minimum absolute atomic E-state index is 0.0787. The van der Waals surface area contributed by atoms with Crippen LogP contribution in [0.15, 0.2) is 12.2 Å². The van der Waals surface area contributed by atoms with Gasteiger partial charge in [0.15, 0.2) is 0 Å². The second-order valence-electron chi connectivity index (χ2n) is 3.45. The van der Waals surface area contributed by atoms with Crippen LogP contribution in [0.25, 0.3) is 0 Å². The summed E-state index contributed by atoms with van der Waals surface area (Å²) in [6.07, 6.45) is 5.37. The van der Waals surface area contributed by atoms with Crippen LogP contribution in [0.1, 0.15) is 6.42 Å². The highest BCUT2D eigenvalue weighted by Gasteiger charge is 2.44. The van der Waals surface area contributed by atoms with E-state index in [-0.39, 0.29) is 18.4 Å². The molecule has 4 unspecified atom stereocenters. The van der Waals surface area contributed by atoms with Crippen LogP contribution >= 0.6 is 0 Å². The van der Waals surface area contributed by atoms with Gasteiger partial charge in [0.05, 0.1) is 12.0 Å². The highest BCUT2D eigenvalue weighted by atomic mass is 16.3. The molecule has 0 aromatic carbocycles. The second-order valence-corrected chi connectivity index (χ2v) is 3.45. The Labute approximate surface area is 66.1 Å². The number of hydrogen-bond donors (Lipinski definition) is 1. The first-order valence-corrected chi connectivity index (χ1v) is 4.05. The fraction of sp³-hybridized carbons (Fsp3) is 0.667. The Morgan fingerprint density at radius 2 is 2.18 bits per heavy atom. The summed E-state index contributed by atoms with van der Waals surface area (Å²) in [5.74, 6) is 1.21. The molecule has 0 saturated heterocycles. The van der Waals surface area contributed by atoms with Crippen molar-refractivity contribution in [2.24, 2.45) is 23.7 Å². The van der Waals surface area contributed by atoms with Gasteiger partial charge in [0.2, 0.25) is 0 Å². The molecule has 0 amide bonds. The first-order valence-electron chi connectivity index (χ1n) is 4.05. The third kappa shape index (κ3) is 0.812. The standard InChI is InChI=1S/C9H11NO/c10-4-8-6-1-2-7(3-6)9(8)5-11/h1-2,6-9,11H,3,5H2. The Kier molecular flexibility index (Phi) is 1.47. The fourth-order valence-corrected chi connectivity index (χ4v) is 2.36. The average molecular weight is 149 g/mol. The van der Waals surface area contributed by atoms with E-state index in [1.54, 1.807) is 0 Å². The summed E-state index contributed by atoms with van der Waals surface area (Å²) in [5, 5.41) is 17.8. The summed E-state index contributed by atoms with van der Waals surface area (Å²) >= 11 is 0. The Morgan fingerprint density at radius 1 is 1.45 bits per heavy atom. The van der Waals surface area contributed by atoms with Crippen LogP contribution in [0.4, 0.5) is 0 Å². The van der Waals surface area contributed by atoms with Crippen molar-refractivity contribution < 1.29 is 5.11 Å². The minimum Gasteiger partial charge on any atom is -0.396 e. The van der Waals surface area contributed by atoms with E-state index in [1.165, 1.54) is 0 Å². The molecule has 1 fully saturated rings. The summed E-state index contributed by atoms with van der Waals surface area (Å²) in [6.45, 7) is 0.170. The van der Waals surface area contributed by atoms with E-state index in [9.17, 15) is 0 Å². The van der Waals surface area contributed by atoms with Gasteiger partial charge in [-0.15, -0.1) is 0 Å². The predicted molar refractivity (Wildman–Crippen MR) is 40.4 cm³/mol. The molecule has 0 radical (unpaired) electrons. The molecule has 2 aliphatic carbocycles. The average Bonchev–Trinajstić information content (AvgIpc) is 2.60. The van der Waals surface area contributed by atoms with Crippen molar-refractivity contribution in [3.05, 3.63) is 12.2 Å². The molecule has 0 aromatic rings. The topological polar surface area (TPSA) is 44.0 Å². The lowest BCUT2D eigenvalue weighted by Gasteiger charge is -2.19. The number of hydrogen-bond acceptors (Lipinski definition) is 2. The zero-order chi connectivity index (χ0) is 7.84. The summed E-state index contributed by atoms with van der Waals surface area (Å²) in [6, 6.07) is 2.29. The molecule has 11 heavy (non-hydrogen) atoms. The second kappa shape index (κ2) is 2.35. The summed E-state index contributed by atoms with van der Waals surface area (Å²) in [4.78, 5) is 0. The maximum atomic E-state index is 9.00. The first kappa shape index (κ1) is 6.87. The Bertz CT molecular complexity index is 228. The fourth-order valence-electron chi connectivity index (χ4n) is 2.36. The molecule has 0 heterocycles. The number of aliphatic hydroxyl groups excluding tert-OH is 1. The number of aliphatic hydroxyl groups is 1. The smallest absolute Gasteiger partial charge is 0.0666 e. The predicted octanol–water partition coefficient (Wildman–Crippen LogP) is 0.941. The van der Waals surface area contributed by atoms with Gasteiger partial charge in [0.1, 0.15) is 0 Å².